The zero-order valence-corrected chi connectivity index (χ0v) is 12.9. The summed E-state index contributed by atoms with van der Waals surface area (Å²) in [5.74, 6) is 0.604. The zero-order chi connectivity index (χ0) is 16.4. The van der Waals surface area contributed by atoms with Gasteiger partial charge in [-0.2, -0.15) is 0 Å². The standard InChI is InChI=1S/C19H16N4O/c24-19(15-7-6-14-8-9-20-16(14)10-15)22-12-18-21-11-17(23-18)13-4-2-1-3-5-13/h1-11,20H,12H2,(H,21,23)(H,22,24). The molecule has 0 saturated heterocycles. The molecule has 0 radical (unpaired) electrons. The van der Waals surface area contributed by atoms with Gasteiger partial charge in [0.25, 0.3) is 5.91 Å². The zero-order valence-electron chi connectivity index (χ0n) is 12.9. The molecule has 0 atom stereocenters. The van der Waals surface area contributed by atoms with E-state index in [9.17, 15) is 4.79 Å². The average molecular weight is 316 g/mol. The number of carbonyl (C=O) groups excluding carboxylic acids is 1. The van der Waals surface area contributed by atoms with Crippen molar-refractivity contribution >= 4 is 16.8 Å². The SMILES string of the molecule is O=C(NCc1ncc(-c2ccccc2)[nH]1)c1ccc2cc[nH]c2c1. The molecule has 0 spiro atoms. The number of aromatic nitrogens is 3. The van der Waals surface area contributed by atoms with Crippen molar-refractivity contribution in [2.24, 2.45) is 0 Å². The molecule has 2 heterocycles. The Kier molecular flexibility index (Phi) is 3.59. The lowest BCUT2D eigenvalue weighted by atomic mass is 10.1. The monoisotopic (exact) mass is 316 g/mol. The Labute approximate surface area is 138 Å². The summed E-state index contributed by atoms with van der Waals surface area (Å²) >= 11 is 0. The number of rotatable bonds is 4. The largest absolute Gasteiger partial charge is 0.361 e. The summed E-state index contributed by atoms with van der Waals surface area (Å²) in [6, 6.07) is 17.5. The lowest BCUT2D eigenvalue weighted by Crippen LogP contribution is -2.23. The summed E-state index contributed by atoms with van der Waals surface area (Å²) < 4.78 is 0. The van der Waals surface area contributed by atoms with Crippen molar-refractivity contribution in [1.82, 2.24) is 20.3 Å². The first kappa shape index (κ1) is 14.3. The topological polar surface area (TPSA) is 73.6 Å². The number of hydrogen-bond donors (Lipinski definition) is 3. The van der Waals surface area contributed by atoms with E-state index >= 15 is 0 Å². The summed E-state index contributed by atoms with van der Waals surface area (Å²) in [7, 11) is 0. The maximum Gasteiger partial charge on any atom is 0.251 e. The molecular formula is C19H16N4O. The molecular weight excluding hydrogens is 300 g/mol. The number of fused-ring (bicyclic) bond motifs is 1. The van der Waals surface area contributed by atoms with Crippen molar-refractivity contribution < 1.29 is 4.79 Å². The second-order valence-corrected chi connectivity index (χ2v) is 5.57. The predicted molar refractivity (Wildman–Crippen MR) is 93.5 cm³/mol. The number of nitrogens with one attached hydrogen (secondary N) is 3. The Morgan fingerprint density at radius 2 is 1.96 bits per heavy atom. The molecule has 0 saturated carbocycles. The first-order chi connectivity index (χ1) is 11.8. The number of hydrogen-bond acceptors (Lipinski definition) is 2. The molecule has 3 N–H and O–H groups in total. The van der Waals surface area contributed by atoms with Gasteiger partial charge in [-0.05, 0) is 29.1 Å². The third-order valence-electron chi connectivity index (χ3n) is 3.95. The van der Waals surface area contributed by atoms with Gasteiger partial charge in [-0.1, -0.05) is 36.4 Å². The third kappa shape index (κ3) is 2.79. The van der Waals surface area contributed by atoms with Crippen molar-refractivity contribution in [3.05, 3.63) is 78.4 Å². The molecule has 2 aromatic carbocycles. The number of H-pyrrole nitrogens is 2. The molecule has 118 valence electrons. The molecule has 1 amide bonds. The van der Waals surface area contributed by atoms with Gasteiger partial charge in [0.15, 0.2) is 0 Å². The van der Waals surface area contributed by atoms with E-state index in [0.717, 1.165) is 28.0 Å². The van der Waals surface area contributed by atoms with Crippen molar-refractivity contribution in [3.8, 4) is 11.3 Å². The Morgan fingerprint density at radius 3 is 2.83 bits per heavy atom. The van der Waals surface area contributed by atoms with Gasteiger partial charge in [-0.25, -0.2) is 4.98 Å². The molecule has 5 heteroatoms. The van der Waals surface area contributed by atoms with Gasteiger partial charge in [-0.3, -0.25) is 4.79 Å². The van der Waals surface area contributed by atoms with Gasteiger partial charge in [0.05, 0.1) is 18.4 Å². The van der Waals surface area contributed by atoms with Crippen LogP contribution in [0.25, 0.3) is 22.2 Å². The van der Waals surface area contributed by atoms with Crippen LogP contribution in [0.2, 0.25) is 0 Å². The van der Waals surface area contributed by atoms with Crippen LogP contribution in [0, 0.1) is 0 Å². The van der Waals surface area contributed by atoms with Gasteiger partial charge < -0.3 is 15.3 Å². The number of imidazole rings is 1. The van der Waals surface area contributed by atoms with E-state index in [0.29, 0.717) is 12.1 Å². The summed E-state index contributed by atoms with van der Waals surface area (Å²) in [4.78, 5) is 23.0. The van der Waals surface area contributed by atoms with Crippen LogP contribution in [0.3, 0.4) is 0 Å². The quantitative estimate of drug-likeness (QED) is 0.539. The van der Waals surface area contributed by atoms with E-state index < -0.39 is 0 Å². The van der Waals surface area contributed by atoms with Crippen LogP contribution in [-0.4, -0.2) is 20.9 Å². The molecule has 0 aliphatic rings. The Bertz CT molecular complexity index is 985. The maximum atomic E-state index is 12.3. The van der Waals surface area contributed by atoms with Crippen LogP contribution in [0.4, 0.5) is 0 Å². The van der Waals surface area contributed by atoms with Gasteiger partial charge in [0.2, 0.25) is 0 Å². The number of nitrogens with zero attached hydrogens (tertiary/aromatic N) is 1. The van der Waals surface area contributed by atoms with Crippen molar-refractivity contribution in [3.63, 3.8) is 0 Å². The third-order valence-corrected chi connectivity index (χ3v) is 3.95. The Hall–Kier alpha value is -3.34. The second kappa shape index (κ2) is 6.04. The second-order valence-electron chi connectivity index (χ2n) is 5.57. The Balaban J connectivity index is 1.45. The number of carbonyl (C=O) groups is 1. The van der Waals surface area contributed by atoms with Gasteiger partial charge in [0, 0.05) is 17.3 Å². The molecule has 5 nitrogen and oxygen atoms in total. The van der Waals surface area contributed by atoms with Crippen LogP contribution in [-0.2, 0) is 6.54 Å². The molecule has 24 heavy (non-hydrogen) atoms. The van der Waals surface area contributed by atoms with Crippen molar-refractivity contribution in [2.45, 2.75) is 6.54 Å². The highest BCUT2D eigenvalue weighted by Gasteiger charge is 2.08. The summed E-state index contributed by atoms with van der Waals surface area (Å²) in [6.45, 7) is 0.356. The van der Waals surface area contributed by atoms with Gasteiger partial charge in [0.1, 0.15) is 5.82 Å². The Morgan fingerprint density at radius 1 is 1.08 bits per heavy atom. The minimum atomic E-state index is -0.121. The molecule has 0 aliphatic carbocycles. The van der Waals surface area contributed by atoms with E-state index in [1.54, 1.807) is 6.20 Å². The fourth-order valence-corrected chi connectivity index (χ4v) is 2.67. The summed E-state index contributed by atoms with van der Waals surface area (Å²) in [5, 5.41) is 3.98. The molecule has 0 aliphatic heterocycles. The summed E-state index contributed by atoms with van der Waals surface area (Å²) in [5.41, 5.74) is 3.58. The maximum absolute atomic E-state index is 12.3. The highest BCUT2D eigenvalue weighted by molar-refractivity contribution is 5.97. The lowest BCUT2D eigenvalue weighted by Gasteiger charge is -2.04. The molecule has 2 aromatic heterocycles. The highest BCUT2D eigenvalue weighted by atomic mass is 16.1. The minimum absolute atomic E-state index is 0.121. The van der Waals surface area contributed by atoms with Crippen LogP contribution < -0.4 is 5.32 Å². The highest BCUT2D eigenvalue weighted by Crippen LogP contribution is 2.16. The van der Waals surface area contributed by atoms with E-state index in [1.807, 2.05) is 60.8 Å². The molecule has 4 aromatic rings. The van der Waals surface area contributed by atoms with Gasteiger partial charge >= 0.3 is 0 Å². The van der Waals surface area contributed by atoms with E-state index in [2.05, 4.69) is 20.3 Å². The number of amides is 1. The molecule has 0 bridgehead atoms. The van der Waals surface area contributed by atoms with E-state index in [1.165, 1.54) is 0 Å². The van der Waals surface area contributed by atoms with Crippen LogP contribution in [0.5, 0.6) is 0 Å². The average Bonchev–Trinajstić information content (AvgIpc) is 3.29. The van der Waals surface area contributed by atoms with Crippen molar-refractivity contribution in [2.75, 3.05) is 0 Å². The first-order valence-electron chi connectivity index (χ1n) is 7.74. The van der Waals surface area contributed by atoms with Gasteiger partial charge in [-0.15, -0.1) is 0 Å². The predicted octanol–water partition coefficient (Wildman–Crippen LogP) is 3.49. The number of aromatic amines is 2. The van der Waals surface area contributed by atoms with E-state index in [4.69, 9.17) is 0 Å². The molecule has 0 fully saturated rings. The molecule has 0 unspecified atom stereocenters. The van der Waals surface area contributed by atoms with E-state index in [-0.39, 0.29) is 5.91 Å². The minimum Gasteiger partial charge on any atom is -0.361 e. The fraction of sp³-hybridized carbons (Fsp3) is 0.0526. The normalized spacial score (nSPS) is 10.8. The molecule has 4 rings (SSSR count). The van der Waals surface area contributed by atoms with Crippen LogP contribution >= 0.6 is 0 Å². The van der Waals surface area contributed by atoms with Crippen LogP contribution in [0.15, 0.2) is 67.0 Å². The lowest BCUT2D eigenvalue weighted by molar-refractivity contribution is 0.0950. The first-order valence-corrected chi connectivity index (χ1v) is 7.74. The van der Waals surface area contributed by atoms with Crippen LogP contribution in [0.1, 0.15) is 16.2 Å². The fourth-order valence-electron chi connectivity index (χ4n) is 2.67. The van der Waals surface area contributed by atoms with Crippen molar-refractivity contribution in [1.29, 1.82) is 0 Å². The smallest absolute Gasteiger partial charge is 0.251 e. The summed E-state index contributed by atoms with van der Waals surface area (Å²) in [6.07, 6.45) is 3.64. The number of benzene rings is 2.